The fraction of sp³-hybridized carbons (Fsp3) is 0.231. The zero-order chi connectivity index (χ0) is 27.9. The molecule has 1 atom stereocenters. The molecule has 38 heavy (non-hydrogen) atoms. The molecule has 3 aromatic rings. The van der Waals surface area contributed by atoms with Gasteiger partial charge in [-0.3, -0.25) is 4.79 Å². The van der Waals surface area contributed by atoms with Gasteiger partial charge in [0.2, 0.25) is 15.9 Å². The van der Waals surface area contributed by atoms with Crippen molar-refractivity contribution in [2.75, 3.05) is 33.8 Å². The van der Waals surface area contributed by atoms with E-state index in [0.717, 1.165) is 0 Å². The Bertz CT molecular complexity index is 1410. The van der Waals surface area contributed by atoms with Crippen LogP contribution in [0.2, 0.25) is 5.02 Å². The highest BCUT2D eigenvalue weighted by Crippen LogP contribution is 2.34. The van der Waals surface area contributed by atoms with E-state index in [1.165, 1.54) is 58.8 Å². The molecule has 1 amide bonds. The average molecular weight is 563 g/mol. The topological polar surface area (TPSA) is 129 Å². The Balaban J connectivity index is 2.00. The number of halogens is 1. The summed E-state index contributed by atoms with van der Waals surface area (Å²) in [5.74, 6) is -0.691. The minimum absolute atomic E-state index is 0.0106. The highest BCUT2D eigenvalue weighted by Gasteiger charge is 2.28. The number of methoxy groups -OCH3 is 4. The standard InChI is InChI=1S/C26H27ClN2O8S/c1-34-22-11-10-17(13-19(22)27)38(32,33)29-21(12-16-8-6-5-7-9-16)25(30)28-20-15-24(36-3)23(35-2)14-18(20)26(31)37-4/h5-11,13-15,21,29H,12H2,1-4H3,(H,28,30)/t21-/m0/s1. The predicted molar refractivity (Wildman–Crippen MR) is 142 cm³/mol. The predicted octanol–water partition coefficient (Wildman–Crippen LogP) is 3.68. The lowest BCUT2D eigenvalue weighted by Gasteiger charge is -2.21. The summed E-state index contributed by atoms with van der Waals surface area (Å²) < 4.78 is 49.4. The second-order valence-electron chi connectivity index (χ2n) is 7.89. The van der Waals surface area contributed by atoms with Gasteiger partial charge in [0.05, 0.1) is 49.6 Å². The highest BCUT2D eigenvalue weighted by atomic mass is 35.5. The molecule has 0 aliphatic carbocycles. The summed E-state index contributed by atoms with van der Waals surface area (Å²) in [6.45, 7) is 0. The van der Waals surface area contributed by atoms with E-state index in [4.69, 9.17) is 30.5 Å². The van der Waals surface area contributed by atoms with Crippen molar-refractivity contribution < 1.29 is 37.0 Å². The molecule has 3 rings (SSSR count). The van der Waals surface area contributed by atoms with E-state index in [2.05, 4.69) is 10.0 Å². The third-order valence-electron chi connectivity index (χ3n) is 5.52. The molecule has 12 heteroatoms. The third kappa shape index (κ3) is 6.74. The number of hydrogen-bond acceptors (Lipinski definition) is 8. The van der Waals surface area contributed by atoms with Gasteiger partial charge in [0, 0.05) is 12.1 Å². The van der Waals surface area contributed by atoms with Gasteiger partial charge in [-0.1, -0.05) is 41.9 Å². The van der Waals surface area contributed by atoms with Crippen LogP contribution in [0.3, 0.4) is 0 Å². The molecule has 0 spiro atoms. The Hall–Kier alpha value is -3.80. The quantitative estimate of drug-likeness (QED) is 0.339. The number of sulfonamides is 1. The van der Waals surface area contributed by atoms with Crippen LogP contribution in [-0.2, 0) is 26.0 Å². The van der Waals surface area contributed by atoms with Crippen LogP contribution in [-0.4, -0.2) is 54.8 Å². The maximum atomic E-state index is 13.5. The molecule has 0 radical (unpaired) electrons. The summed E-state index contributed by atoms with van der Waals surface area (Å²) in [5.41, 5.74) is 0.731. The number of hydrogen-bond donors (Lipinski definition) is 2. The summed E-state index contributed by atoms with van der Waals surface area (Å²) in [7, 11) is 1.19. The van der Waals surface area contributed by atoms with Gasteiger partial charge in [0.1, 0.15) is 11.8 Å². The normalized spacial score (nSPS) is 11.8. The van der Waals surface area contributed by atoms with E-state index in [1.807, 2.05) is 0 Å². The molecular weight excluding hydrogens is 536 g/mol. The van der Waals surface area contributed by atoms with E-state index in [-0.39, 0.29) is 39.1 Å². The molecule has 0 fully saturated rings. The Morgan fingerprint density at radius 2 is 1.50 bits per heavy atom. The molecule has 0 heterocycles. The minimum Gasteiger partial charge on any atom is -0.495 e. The molecule has 0 saturated carbocycles. The summed E-state index contributed by atoms with van der Waals surface area (Å²) >= 11 is 6.12. The van der Waals surface area contributed by atoms with Crippen LogP contribution >= 0.6 is 11.6 Å². The first-order chi connectivity index (χ1) is 18.1. The highest BCUT2D eigenvalue weighted by molar-refractivity contribution is 7.89. The van der Waals surface area contributed by atoms with Crippen molar-refractivity contribution in [2.24, 2.45) is 0 Å². The fourth-order valence-corrected chi connectivity index (χ4v) is 5.13. The summed E-state index contributed by atoms with van der Waals surface area (Å²) in [6.07, 6.45) is 0.0106. The van der Waals surface area contributed by atoms with Crippen LogP contribution < -0.4 is 24.2 Å². The molecule has 3 aromatic carbocycles. The van der Waals surface area contributed by atoms with Crippen molar-refractivity contribution in [3.8, 4) is 17.2 Å². The lowest BCUT2D eigenvalue weighted by Crippen LogP contribution is -2.45. The number of esters is 1. The zero-order valence-corrected chi connectivity index (χ0v) is 22.7. The number of carbonyl (C=O) groups excluding carboxylic acids is 2. The molecule has 2 N–H and O–H groups in total. The molecule has 0 saturated heterocycles. The number of ether oxygens (including phenoxy) is 4. The Labute approximate surface area is 225 Å². The van der Waals surface area contributed by atoms with Crippen LogP contribution in [0, 0.1) is 0 Å². The van der Waals surface area contributed by atoms with E-state index < -0.39 is 27.9 Å². The van der Waals surface area contributed by atoms with E-state index >= 15 is 0 Å². The monoisotopic (exact) mass is 562 g/mol. The van der Waals surface area contributed by atoms with Crippen LogP contribution in [0.4, 0.5) is 5.69 Å². The fourth-order valence-electron chi connectivity index (χ4n) is 3.59. The Morgan fingerprint density at radius 3 is 2.08 bits per heavy atom. The lowest BCUT2D eigenvalue weighted by atomic mass is 10.1. The SMILES string of the molecule is COC(=O)c1cc(OC)c(OC)cc1NC(=O)[C@H](Cc1ccccc1)NS(=O)(=O)c1ccc(OC)c(Cl)c1. The van der Waals surface area contributed by atoms with Crippen LogP contribution in [0.1, 0.15) is 15.9 Å². The van der Waals surface area contributed by atoms with Gasteiger partial charge in [-0.15, -0.1) is 0 Å². The van der Waals surface area contributed by atoms with Gasteiger partial charge in [-0.25, -0.2) is 13.2 Å². The molecule has 10 nitrogen and oxygen atoms in total. The summed E-state index contributed by atoms with van der Waals surface area (Å²) in [4.78, 5) is 25.8. The molecule has 0 bridgehead atoms. The van der Waals surface area contributed by atoms with Gasteiger partial charge in [-0.2, -0.15) is 4.72 Å². The molecule has 0 aliphatic heterocycles. The molecule has 202 valence electrons. The first-order valence-electron chi connectivity index (χ1n) is 11.2. The van der Waals surface area contributed by atoms with Gasteiger partial charge >= 0.3 is 5.97 Å². The molecule has 0 aromatic heterocycles. The van der Waals surface area contributed by atoms with Gasteiger partial charge < -0.3 is 24.3 Å². The van der Waals surface area contributed by atoms with Crippen LogP contribution in [0.5, 0.6) is 17.2 Å². The van der Waals surface area contributed by atoms with Crippen molar-refractivity contribution in [2.45, 2.75) is 17.4 Å². The minimum atomic E-state index is -4.21. The van der Waals surface area contributed by atoms with E-state index in [1.54, 1.807) is 30.3 Å². The first-order valence-corrected chi connectivity index (χ1v) is 13.0. The molecule has 0 aliphatic rings. The maximum absolute atomic E-state index is 13.5. The largest absolute Gasteiger partial charge is 0.495 e. The van der Waals surface area contributed by atoms with Crippen LogP contribution in [0.15, 0.2) is 65.6 Å². The van der Waals surface area contributed by atoms with Crippen molar-refractivity contribution in [1.29, 1.82) is 0 Å². The number of anilines is 1. The third-order valence-corrected chi connectivity index (χ3v) is 7.28. The van der Waals surface area contributed by atoms with Crippen LogP contribution in [0.25, 0.3) is 0 Å². The average Bonchev–Trinajstić information content (AvgIpc) is 2.92. The Morgan fingerprint density at radius 1 is 0.868 bits per heavy atom. The number of amides is 1. The van der Waals surface area contributed by atoms with E-state index in [0.29, 0.717) is 11.3 Å². The number of benzene rings is 3. The van der Waals surface area contributed by atoms with Crippen molar-refractivity contribution in [3.63, 3.8) is 0 Å². The van der Waals surface area contributed by atoms with Gasteiger partial charge in [-0.05, 0) is 30.2 Å². The second-order valence-corrected chi connectivity index (χ2v) is 10.0. The van der Waals surface area contributed by atoms with Gasteiger partial charge in [0.25, 0.3) is 0 Å². The van der Waals surface area contributed by atoms with Crippen molar-refractivity contribution >= 4 is 39.2 Å². The number of carbonyl (C=O) groups is 2. The number of rotatable bonds is 11. The van der Waals surface area contributed by atoms with Crippen molar-refractivity contribution in [1.82, 2.24) is 4.72 Å². The van der Waals surface area contributed by atoms with Crippen molar-refractivity contribution in [3.05, 3.63) is 76.8 Å². The molecule has 0 unspecified atom stereocenters. The van der Waals surface area contributed by atoms with E-state index in [9.17, 15) is 18.0 Å². The maximum Gasteiger partial charge on any atom is 0.340 e. The smallest absolute Gasteiger partial charge is 0.340 e. The molecular formula is C26H27ClN2O8S. The Kier molecular flexibility index (Phi) is 9.56. The lowest BCUT2D eigenvalue weighted by molar-refractivity contribution is -0.117. The van der Waals surface area contributed by atoms with Gasteiger partial charge in [0.15, 0.2) is 11.5 Å². The second kappa shape index (κ2) is 12.6. The number of nitrogens with one attached hydrogen (secondary N) is 2. The zero-order valence-electron chi connectivity index (χ0n) is 21.1. The first kappa shape index (κ1) is 28.8. The summed E-state index contributed by atoms with van der Waals surface area (Å²) in [5, 5.41) is 2.72. The summed E-state index contributed by atoms with van der Waals surface area (Å²) in [6, 6.07) is 14.3.